The van der Waals surface area contributed by atoms with E-state index in [1.807, 2.05) is 12.1 Å². The molecule has 4 N–H and O–H groups in total. The quantitative estimate of drug-likeness (QED) is 0.576. The number of nitrogens with zero attached hydrogens (tertiary/aromatic N) is 1. The molecule has 1 atom stereocenters. The Labute approximate surface area is 112 Å². The molecule has 1 unspecified atom stereocenters. The van der Waals surface area contributed by atoms with Gasteiger partial charge in [-0.05, 0) is 37.0 Å². The topological polar surface area (TPSA) is 73.3 Å². The second-order valence-electron chi connectivity index (χ2n) is 4.69. The minimum absolute atomic E-state index is 0.00821. The lowest BCUT2D eigenvalue weighted by atomic mass is 10.1. The van der Waals surface area contributed by atoms with Gasteiger partial charge in [0.2, 0.25) is 0 Å². The van der Waals surface area contributed by atoms with Gasteiger partial charge < -0.3 is 15.7 Å². The maximum atomic E-state index is 8.95. The lowest BCUT2D eigenvalue weighted by Crippen LogP contribution is -2.20. The minimum Gasteiger partial charge on any atom is -0.396 e. The van der Waals surface area contributed by atoms with Gasteiger partial charge in [-0.3, -0.25) is 5.41 Å². The summed E-state index contributed by atoms with van der Waals surface area (Å²) in [5, 5.41) is 16.9. The number of hydrogen-bond acceptors (Lipinski definition) is 3. The van der Waals surface area contributed by atoms with Crippen LogP contribution in [0.1, 0.15) is 18.4 Å². The average Bonchev–Trinajstić information content (AvgIpc) is 2.77. The van der Waals surface area contributed by atoms with Crippen molar-refractivity contribution in [3.05, 3.63) is 28.8 Å². The van der Waals surface area contributed by atoms with Crippen LogP contribution in [-0.2, 0) is 0 Å². The van der Waals surface area contributed by atoms with Crippen molar-refractivity contribution in [2.75, 3.05) is 24.6 Å². The van der Waals surface area contributed by atoms with Gasteiger partial charge in [-0.2, -0.15) is 0 Å². The van der Waals surface area contributed by atoms with E-state index in [-0.39, 0.29) is 12.4 Å². The first kappa shape index (κ1) is 13.2. The van der Waals surface area contributed by atoms with Gasteiger partial charge in [0.15, 0.2) is 0 Å². The standard InChI is InChI=1S/C13H18ClN3O/c14-12-7-10(1-2-11(12)13(15)16)17-5-3-9(8-17)4-6-18/h1-2,7,9,18H,3-6,8H2,(H3,15,16). The highest BCUT2D eigenvalue weighted by Crippen LogP contribution is 2.29. The van der Waals surface area contributed by atoms with Gasteiger partial charge >= 0.3 is 0 Å². The summed E-state index contributed by atoms with van der Waals surface area (Å²) in [4.78, 5) is 2.26. The van der Waals surface area contributed by atoms with Gasteiger partial charge in [-0.15, -0.1) is 0 Å². The number of amidine groups is 1. The van der Waals surface area contributed by atoms with Crippen LogP contribution >= 0.6 is 11.6 Å². The number of anilines is 1. The second kappa shape index (κ2) is 5.59. The van der Waals surface area contributed by atoms with Crippen molar-refractivity contribution in [2.45, 2.75) is 12.8 Å². The molecule has 1 aliphatic rings. The molecular weight excluding hydrogens is 250 g/mol. The number of nitrogens with one attached hydrogen (secondary N) is 1. The zero-order chi connectivity index (χ0) is 13.1. The summed E-state index contributed by atoms with van der Waals surface area (Å²) in [6, 6.07) is 5.60. The van der Waals surface area contributed by atoms with E-state index in [9.17, 15) is 0 Å². The first-order chi connectivity index (χ1) is 8.61. The van der Waals surface area contributed by atoms with Crippen LogP contribution in [0.5, 0.6) is 0 Å². The number of nitrogen functional groups attached to an aromatic ring is 1. The number of halogens is 1. The highest BCUT2D eigenvalue weighted by molar-refractivity contribution is 6.34. The lowest BCUT2D eigenvalue weighted by Gasteiger charge is -2.19. The van der Waals surface area contributed by atoms with Crippen molar-refractivity contribution < 1.29 is 5.11 Å². The Bertz CT molecular complexity index is 450. The summed E-state index contributed by atoms with van der Waals surface area (Å²) in [6.45, 7) is 2.19. The predicted octanol–water partition coefficient (Wildman–Crippen LogP) is 1.83. The third-order valence-electron chi connectivity index (χ3n) is 3.43. The molecule has 1 aliphatic heterocycles. The van der Waals surface area contributed by atoms with Crippen LogP contribution in [0.4, 0.5) is 5.69 Å². The fraction of sp³-hybridized carbons (Fsp3) is 0.462. The fourth-order valence-electron chi connectivity index (χ4n) is 2.40. The monoisotopic (exact) mass is 267 g/mol. The maximum Gasteiger partial charge on any atom is 0.124 e. The normalized spacial score (nSPS) is 19.2. The number of aliphatic hydroxyl groups excluding tert-OH is 1. The Balaban J connectivity index is 2.11. The summed E-state index contributed by atoms with van der Waals surface area (Å²) in [5.74, 6) is 0.549. The second-order valence-corrected chi connectivity index (χ2v) is 5.10. The number of benzene rings is 1. The van der Waals surface area contributed by atoms with E-state index in [1.165, 1.54) is 0 Å². The third kappa shape index (κ3) is 2.76. The van der Waals surface area contributed by atoms with Crippen molar-refractivity contribution in [3.8, 4) is 0 Å². The van der Waals surface area contributed by atoms with Crippen molar-refractivity contribution >= 4 is 23.1 Å². The van der Waals surface area contributed by atoms with Crippen molar-refractivity contribution in [1.82, 2.24) is 0 Å². The summed E-state index contributed by atoms with van der Waals surface area (Å²) < 4.78 is 0. The molecule has 0 amide bonds. The molecule has 0 spiro atoms. The summed E-state index contributed by atoms with van der Waals surface area (Å²) >= 11 is 6.11. The Hall–Kier alpha value is -1.26. The highest BCUT2D eigenvalue weighted by atomic mass is 35.5. The van der Waals surface area contributed by atoms with Crippen LogP contribution in [0.2, 0.25) is 5.02 Å². The highest BCUT2D eigenvalue weighted by Gasteiger charge is 2.22. The number of rotatable bonds is 4. The smallest absolute Gasteiger partial charge is 0.124 e. The van der Waals surface area contributed by atoms with Gasteiger partial charge in [0.05, 0.1) is 5.02 Å². The third-order valence-corrected chi connectivity index (χ3v) is 3.74. The van der Waals surface area contributed by atoms with E-state index in [4.69, 9.17) is 27.9 Å². The molecule has 0 saturated carbocycles. The lowest BCUT2D eigenvalue weighted by molar-refractivity contribution is 0.263. The van der Waals surface area contributed by atoms with Crippen LogP contribution in [0, 0.1) is 11.3 Å². The molecule has 1 aromatic carbocycles. The SMILES string of the molecule is N=C(N)c1ccc(N2CCC(CCO)C2)cc1Cl. The van der Waals surface area contributed by atoms with E-state index in [1.54, 1.807) is 6.07 Å². The molecule has 0 aliphatic carbocycles. The molecule has 1 fully saturated rings. The first-order valence-electron chi connectivity index (χ1n) is 6.11. The molecule has 0 radical (unpaired) electrons. The first-order valence-corrected chi connectivity index (χ1v) is 6.49. The zero-order valence-corrected chi connectivity index (χ0v) is 11.0. The predicted molar refractivity (Wildman–Crippen MR) is 74.5 cm³/mol. The van der Waals surface area contributed by atoms with Gasteiger partial charge in [0.1, 0.15) is 5.84 Å². The van der Waals surface area contributed by atoms with Crippen LogP contribution in [-0.4, -0.2) is 30.6 Å². The number of aliphatic hydroxyl groups is 1. The Morgan fingerprint density at radius 2 is 2.33 bits per heavy atom. The molecule has 18 heavy (non-hydrogen) atoms. The Morgan fingerprint density at radius 3 is 2.94 bits per heavy atom. The number of nitrogens with two attached hydrogens (primary N) is 1. The van der Waals surface area contributed by atoms with Crippen molar-refractivity contribution in [1.29, 1.82) is 5.41 Å². The van der Waals surface area contributed by atoms with Gasteiger partial charge in [0, 0.05) is 30.9 Å². The molecule has 2 rings (SSSR count). The Kier molecular flexibility index (Phi) is 4.09. The van der Waals surface area contributed by atoms with Gasteiger partial charge in [-0.25, -0.2) is 0 Å². The molecule has 98 valence electrons. The molecule has 0 aromatic heterocycles. The van der Waals surface area contributed by atoms with Gasteiger partial charge in [0.25, 0.3) is 0 Å². The number of hydrogen-bond donors (Lipinski definition) is 3. The van der Waals surface area contributed by atoms with Crippen molar-refractivity contribution in [3.63, 3.8) is 0 Å². The zero-order valence-electron chi connectivity index (χ0n) is 10.2. The molecule has 1 aromatic rings. The van der Waals surface area contributed by atoms with E-state index in [2.05, 4.69) is 4.90 Å². The molecule has 0 bridgehead atoms. The van der Waals surface area contributed by atoms with Crippen LogP contribution in [0.15, 0.2) is 18.2 Å². The fourth-order valence-corrected chi connectivity index (χ4v) is 2.68. The van der Waals surface area contributed by atoms with Gasteiger partial charge in [-0.1, -0.05) is 11.6 Å². The van der Waals surface area contributed by atoms with E-state index >= 15 is 0 Å². The maximum absolute atomic E-state index is 8.95. The largest absolute Gasteiger partial charge is 0.396 e. The summed E-state index contributed by atoms with van der Waals surface area (Å²) in [7, 11) is 0. The summed E-state index contributed by atoms with van der Waals surface area (Å²) in [6.07, 6.45) is 1.96. The van der Waals surface area contributed by atoms with E-state index < -0.39 is 0 Å². The van der Waals surface area contributed by atoms with E-state index in [0.29, 0.717) is 16.5 Å². The van der Waals surface area contributed by atoms with Crippen LogP contribution in [0.3, 0.4) is 0 Å². The van der Waals surface area contributed by atoms with E-state index in [0.717, 1.165) is 31.6 Å². The molecule has 1 heterocycles. The van der Waals surface area contributed by atoms with Crippen molar-refractivity contribution in [2.24, 2.45) is 11.7 Å². The van der Waals surface area contributed by atoms with Crippen LogP contribution in [0.25, 0.3) is 0 Å². The summed E-state index contributed by atoms with van der Waals surface area (Å²) in [5.41, 5.74) is 7.07. The molecule has 5 heteroatoms. The molecule has 4 nitrogen and oxygen atoms in total. The minimum atomic E-state index is -0.00821. The van der Waals surface area contributed by atoms with Crippen LogP contribution < -0.4 is 10.6 Å². The average molecular weight is 268 g/mol. The Morgan fingerprint density at radius 1 is 1.56 bits per heavy atom. The molecule has 1 saturated heterocycles. The molecular formula is C13H18ClN3O.